The molecule has 4 heteroatoms. The first kappa shape index (κ1) is 8.07. The number of β-lactam (4-membered cyclic amide) rings is 1. The second-order valence-electron chi connectivity index (χ2n) is 2.89. The Labute approximate surface area is 75.7 Å². The van der Waals surface area contributed by atoms with Gasteiger partial charge in [-0.15, -0.1) is 0 Å². The van der Waals surface area contributed by atoms with Crippen LogP contribution in [-0.4, -0.2) is 18.2 Å². The lowest BCUT2D eigenvalue weighted by Gasteiger charge is -2.33. The molecule has 1 heterocycles. The monoisotopic (exact) mass is 178 g/mol. The summed E-state index contributed by atoms with van der Waals surface area (Å²) in [5.74, 6) is 0.545. The Kier molecular flexibility index (Phi) is 1.90. The first-order valence-electron chi connectivity index (χ1n) is 4.05. The van der Waals surface area contributed by atoms with Crippen molar-refractivity contribution < 1.29 is 9.53 Å². The van der Waals surface area contributed by atoms with Crippen LogP contribution in [-0.2, 0) is 4.79 Å². The minimum Gasteiger partial charge on any atom is -0.468 e. The van der Waals surface area contributed by atoms with Crippen LogP contribution in [0.2, 0.25) is 0 Å². The van der Waals surface area contributed by atoms with Gasteiger partial charge in [-0.25, -0.2) is 0 Å². The predicted molar refractivity (Wildman–Crippen MR) is 47.0 cm³/mol. The van der Waals surface area contributed by atoms with Crippen LogP contribution in [0.15, 0.2) is 30.3 Å². The Morgan fingerprint density at radius 2 is 2.00 bits per heavy atom. The molecule has 1 aromatic carbocycles. The number of ether oxygens (including phenoxy) is 1. The van der Waals surface area contributed by atoms with Crippen molar-refractivity contribution in [1.29, 1.82) is 0 Å². The number of para-hydroxylation sites is 1. The summed E-state index contributed by atoms with van der Waals surface area (Å²) in [6.45, 7) is 0. The topological polar surface area (TPSA) is 64.4 Å². The molecule has 0 aliphatic carbocycles. The number of amides is 1. The number of hydrogen-bond donors (Lipinski definition) is 2. The molecule has 1 aliphatic heterocycles. The van der Waals surface area contributed by atoms with E-state index in [4.69, 9.17) is 10.5 Å². The molecule has 0 radical (unpaired) electrons. The standard InChI is InChI=1S/C9H10N2O2/c10-7-8(12)11-9(7)13-6-4-2-1-3-5-6/h1-5,7,9H,10H2,(H,11,12)/t7-,9-/m1/s1. The van der Waals surface area contributed by atoms with Gasteiger partial charge >= 0.3 is 0 Å². The van der Waals surface area contributed by atoms with E-state index in [-0.39, 0.29) is 12.1 Å². The zero-order chi connectivity index (χ0) is 9.26. The molecule has 0 bridgehead atoms. The van der Waals surface area contributed by atoms with E-state index in [0.29, 0.717) is 5.75 Å². The Hall–Kier alpha value is -1.55. The van der Waals surface area contributed by atoms with Gasteiger partial charge in [-0.1, -0.05) is 18.2 Å². The van der Waals surface area contributed by atoms with Crippen LogP contribution in [0.25, 0.3) is 0 Å². The number of nitrogens with two attached hydrogens (primary N) is 1. The molecule has 68 valence electrons. The van der Waals surface area contributed by atoms with Crippen LogP contribution < -0.4 is 15.8 Å². The van der Waals surface area contributed by atoms with Crippen molar-refractivity contribution in [3.05, 3.63) is 30.3 Å². The summed E-state index contributed by atoms with van der Waals surface area (Å²) in [5.41, 5.74) is 5.48. The normalized spacial score (nSPS) is 26.1. The molecule has 1 fully saturated rings. The van der Waals surface area contributed by atoms with Crippen LogP contribution in [0.1, 0.15) is 0 Å². The fraction of sp³-hybridized carbons (Fsp3) is 0.222. The van der Waals surface area contributed by atoms with Gasteiger partial charge in [-0.05, 0) is 12.1 Å². The zero-order valence-corrected chi connectivity index (χ0v) is 6.94. The first-order chi connectivity index (χ1) is 6.27. The van der Waals surface area contributed by atoms with E-state index >= 15 is 0 Å². The second-order valence-corrected chi connectivity index (χ2v) is 2.89. The second kappa shape index (κ2) is 3.06. The Morgan fingerprint density at radius 3 is 2.54 bits per heavy atom. The summed E-state index contributed by atoms with van der Waals surface area (Å²) in [4.78, 5) is 10.7. The van der Waals surface area contributed by atoms with Crippen LogP contribution >= 0.6 is 0 Å². The SMILES string of the molecule is N[C@@H]1C(=O)N[C@@H]1Oc1ccccc1. The highest BCUT2D eigenvalue weighted by molar-refractivity contribution is 5.88. The average Bonchev–Trinajstić information content (AvgIpc) is 2.19. The van der Waals surface area contributed by atoms with Gasteiger partial charge in [0.25, 0.3) is 0 Å². The number of carbonyl (C=O) groups excluding carboxylic acids is 1. The van der Waals surface area contributed by atoms with Crippen LogP contribution in [0, 0.1) is 0 Å². The Morgan fingerprint density at radius 1 is 1.31 bits per heavy atom. The number of hydrogen-bond acceptors (Lipinski definition) is 3. The third-order valence-electron chi connectivity index (χ3n) is 1.92. The Balaban J connectivity index is 1.97. The molecule has 0 spiro atoms. The summed E-state index contributed by atoms with van der Waals surface area (Å²) in [7, 11) is 0. The first-order valence-corrected chi connectivity index (χ1v) is 4.05. The lowest BCUT2D eigenvalue weighted by molar-refractivity contribution is -0.137. The highest BCUT2D eigenvalue weighted by atomic mass is 16.5. The summed E-state index contributed by atoms with van der Waals surface area (Å²) < 4.78 is 5.38. The van der Waals surface area contributed by atoms with Gasteiger partial charge in [0.15, 0.2) is 6.23 Å². The van der Waals surface area contributed by atoms with Crippen LogP contribution in [0.5, 0.6) is 5.75 Å². The van der Waals surface area contributed by atoms with Gasteiger partial charge < -0.3 is 15.8 Å². The van der Waals surface area contributed by atoms with Crippen molar-refractivity contribution in [2.24, 2.45) is 5.73 Å². The molecule has 13 heavy (non-hydrogen) atoms. The van der Waals surface area contributed by atoms with E-state index in [1.807, 2.05) is 30.3 Å². The quantitative estimate of drug-likeness (QED) is 0.619. The van der Waals surface area contributed by atoms with E-state index in [2.05, 4.69) is 5.32 Å². The molecule has 0 saturated carbocycles. The van der Waals surface area contributed by atoms with Crippen molar-refractivity contribution in [3.63, 3.8) is 0 Å². The molecule has 2 atom stereocenters. The molecular formula is C9H10N2O2. The predicted octanol–water partition coefficient (Wildman–Crippen LogP) is -0.151. The summed E-state index contributed by atoms with van der Waals surface area (Å²) >= 11 is 0. The summed E-state index contributed by atoms with van der Waals surface area (Å²) in [6, 6.07) is 8.71. The molecule has 3 N–H and O–H groups in total. The van der Waals surface area contributed by atoms with E-state index in [0.717, 1.165) is 0 Å². The summed E-state index contributed by atoms with van der Waals surface area (Å²) in [6.07, 6.45) is -0.380. The maximum Gasteiger partial charge on any atom is 0.245 e. The van der Waals surface area contributed by atoms with Crippen molar-refractivity contribution in [3.8, 4) is 5.75 Å². The average molecular weight is 178 g/mol. The molecule has 2 rings (SSSR count). The van der Waals surface area contributed by atoms with Gasteiger partial charge in [0.1, 0.15) is 11.8 Å². The van der Waals surface area contributed by atoms with Gasteiger partial charge in [0, 0.05) is 0 Å². The molecule has 4 nitrogen and oxygen atoms in total. The molecule has 0 aromatic heterocycles. The minimum absolute atomic E-state index is 0.166. The molecule has 1 amide bonds. The van der Waals surface area contributed by atoms with Gasteiger partial charge in [-0.3, -0.25) is 4.79 Å². The molecule has 1 saturated heterocycles. The lowest BCUT2D eigenvalue weighted by atomic mass is 10.1. The lowest BCUT2D eigenvalue weighted by Crippen LogP contribution is -2.69. The molecule has 1 aliphatic rings. The van der Waals surface area contributed by atoms with Crippen molar-refractivity contribution >= 4 is 5.91 Å². The fourth-order valence-corrected chi connectivity index (χ4v) is 1.12. The maximum absolute atomic E-state index is 10.7. The van der Waals surface area contributed by atoms with Crippen molar-refractivity contribution in [2.75, 3.05) is 0 Å². The molecule has 1 aromatic rings. The van der Waals surface area contributed by atoms with E-state index < -0.39 is 6.04 Å². The van der Waals surface area contributed by atoms with Crippen molar-refractivity contribution in [1.82, 2.24) is 5.32 Å². The number of nitrogens with one attached hydrogen (secondary N) is 1. The highest BCUT2D eigenvalue weighted by Crippen LogP contribution is 2.14. The summed E-state index contributed by atoms with van der Waals surface area (Å²) in [5, 5.41) is 2.55. The van der Waals surface area contributed by atoms with Gasteiger partial charge in [-0.2, -0.15) is 0 Å². The number of rotatable bonds is 2. The molecular weight excluding hydrogens is 168 g/mol. The number of carbonyl (C=O) groups is 1. The van der Waals surface area contributed by atoms with Crippen LogP contribution in [0.4, 0.5) is 0 Å². The smallest absolute Gasteiger partial charge is 0.245 e. The largest absolute Gasteiger partial charge is 0.468 e. The Bertz CT molecular complexity index is 313. The van der Waals surface area contributed by atoms with E-state index in [9.17, 15) is 4.79 Å². The van der Waals surface area contributed by atoms with E-state index in [1.165, 1.54) is 0 Å². The van der Waals surface area contributed by atoms with Gasteiger partial charge in [0.2, 0.25) is 5.91 Å². The highest BCUT2D eigenvalue weighted by Gasteiger charge is 2.37. The van der Waals surface area contributed by atoms with E-state index in [1.54, 1.807) is 0 Å². The minimum atomic E-state index is -0.541. The third-order valence-corrected chi connectivity index (χ3v) is 1.92. The fourth-order valence-electron chi connectivity index (χ4n) is 1.12. The van der Waals surface area contributed by atoms with Gasteiger partial charge in [0.05, 0.1) is 0 Å². The third kappa shape index (κ3) is 1.48. The van der Waals surface area contributed by atoms with Crippen molar-refractivity contribution in [2.45, 2.75) is 12.3 Å². The maximum atomic E-state index is 10.7. The zero-order valence-electron chi connectivity index (χ0n) is 6.94. The molecule has 0 unspecified atom stereocenters. The number of benzene rings is 1. The van der Waals surface area contributed by atoms with Crippen LogP contribution in [0.3, 0.4) is 0 Å².